The van der Waals surface area contributed by atoms with Crippen LogP contribution in [-0.2, 0) is 4.79 Å². The number of aliphatic hydroxyl groups is 3. The minimum absolute atomic E-state index is 0.00809. The largest absolute Gasteiger partial charge is 0.396 e. The average Bonchev–Trinajstić information content (AvgIpc) is 3.07. The van der Waals surface area contributed by atoms with Gasteiger partial charge in [0, 0.05) is 24.9 Å². The molecular weight excluding hydrogens is 388 g/mol. The predicted octanol–water partition coefficient (Wildman–Crippen LogP) is 4.73. The highest BCUT2D eigenvalue weighted by Crippen LogP contribution is 2.68. The van der Waals surface area contributed by atoms with Crippen LogP contribution in [0.1, 0.15) is 98.3 Å². The molecule has 3 N–H and O–H groups in total. The highest BCUT2D eigenvalue weighted by atomic mass is 16.3. The van der Waals surface area contributed by atoms with E-state index >= 15 is 0 Å². The van der Waals surface area contributed by atoms with Crippen molar-refractivity contribution < 1.29 is 20.1 Å². The first-order chi connectivity index (χ1) is 14.6. The van der Waals surface area contributed by atoms with Gasteiger partial charge in [0.15, 0.2) is 5.78 Å². The molecule has 31 heavy (non-hydrogen) atoms. The Balaban J connectivity index is 1.51. The molecule has 0 amide bonds. The molecule has 4 saturated carbocycles. The molecule has 10 atom stereocenters. The van der Waals surface area contributed by atoms with Gasteiger partial charge in [-0.05, 0) is 85.9 Å². The molecule has 4 nitrogen and oxygen atoms in total. The predicted molar refractivity (Wildman–Crippen MR) is 122 cm³/mol. The Bertz CT molecular complexity index is 678. The zero-order valence-corrected chi connectivity index (χ0v) is 20.3. The number of rotatable bonds is 6. The van der Waals surface area contributed by atoms with Crippen LogP contribution < -0.4 is 0 Å². The van der Waals surface area contributed by atoms with Crippen molar-refractivity contribution in [2.24, 2.45) is 46.3 Å². The van der Waals surface area contributed by atoms with Gasteiger partial charge in [0.05, 0.1) is 6.10 Å². The first-order valence-corrected chi connectivity index (χ1v) is 13.1. The van der Waals surface area contributed by atoms with Crippen LogP contribution >= 0.6 is 0 Å². The number of fused-ring (bicyclic) bond motifs is 5. The van der Waals surface area contributed by atoms with Gasteiger partial charge in [-0.2, -0.15) is 0 Å². The van der Waals surface area contributed by atoms with Crippen molar-refractivity contribution in [3.05, 3.63) is 0 Å². The second-order valence-electron chi connectivity index (χ2n) is 12.6. The summed E-state index contributed by atoms with van der Waals surface area (Å²) in [7, 11) is 0. The van der Waals surface area contributed by atoms with E-state index in [0.717, 1.165) is 25.2 Å². The Hall–Kier alpha value is -0.450. The molecule has 0 aromatic carbocycles. The highest BCUT2D eigenvalue weighted by molar-refractivity contribution is 5.89. The zero-order valence-electron chi connectivity index (χ0n) is 20.3. The van der Waals surface area contributed by atoms with E-state index in [-0.39, 0.29) is 24.2 Å². The third-order valence-electron chi connectivity index (χ3n) is 11.0. The average molecular weight is 435 g/mol. The molecule has 0 radical (unpaired) electrons. The SMILES string of the molecule is CC(CO)CCC[C@@H](C)[C@H]1CC[C@H]2[C@@H]3CC(=O)[C@@]4(O)C[C@@H](O)CC[C@]4(C)[C@H]3CC[C@]12C. The van der Waals surface area contributed by atoms with Crippen LogP contribution in [-0.4, -0.2) is 39.4 Å². The van der Waals surface area contributed by atoms with Gasteiger partial charge >= 0.3 is 0 Å². The lowest BCUT2D eigenvalue weighted by Crippen LogP contribution is -2.67. The molecule has 0 bridgehead atoms. The van der Waals surface area contributed by atoms with Crippen molar-refractivity contribution in [3.8, 4) is 0 Å². The van der Waals surface area contributed by atoms with Crippen LogP contribution in [0.4, 0.5) is 0 Å². The number of ketones is 1. The second kappa shape index (κ2) is 8.40. The molecule has 4 fully saturated rings. The topological polar surface area (TPSA) is 77.8 Å². The van der Waals surface area contributed by atoms with Crippen LogP contribution in [0.3, 0.4) is 0 Å². The highest BCUT2D eigenvalue weighted by Gasteiger charge is 2.67. The van der Waals surface area contributed by atoms with Crippen molar-refractivity contribution in [1.29, 1.82) is 0 Å². The lowest BCUT2D eigenvalue weighted by Gasteiger charge is -2.63. The molecule has 1 unspecified atom stereocenters. The second-order valence-corrected chi connectivity index (χ2v) is 12.6. The van der Waals surface area contributed by atoms with E-state index in [0.29, 0.717) is 47.8 Å². The fourth-order valence-corrected chi connectivity index (χ4v) is 9.08. The summed E-state index contributed by atoms with van der Waals surface area (Å²) in [5.74, 6) is 3.21. The van der Waals surface area contributed by atoms with Gasteiger partial charge in [-0.15, -0.1) is 0 Å². The van der Waals surface area contributed by atoms with E-state index in [1.165, 1.54) is 32.1 Å². The van der Waals surface area contributed by atoms with Crippen LogP contribution in [0.25, 0.3) is 0 Å². The van der Waals surface area contributed by atoms with Gasteiger partial charge in [-0.25, -0.2) is 0 Å². The molecule has 4 rings (SSSR count). The molecule has 0 aromatic rings. The number of carbonyl (C=O) groups is 1. The maximum absolute atomic E-state index is 13.3. The third kappa shape index (κ3) is 3.64. The number of carbonyl (C=O) groups excluding carboxylic acids is 1. The van der Waals surface area contributed by atoms with Gasteiger partial charge < -0.3 is 15.3 Å². The van der Waals surface area contributed by atoms with Crippen molar-refractivity contribution >= 4 is 5.78 Å². The van der Waals surface area contributed by atoms with Crippen LogP contribution in [0.2, 0.25) is 0 Å². The Labute approximate surface area is 189 Å². The summed E-state index contributed by atoms with van der Waals surface area (Å²) in [5, 5.41) is 31.0. The number of hydrogen-bond acceptors (Lipinski definition) is 4. The normalized spacial score (nSPS) is 49.1. The summed E-state index contributed by atoms with van der Waals surface area (Å²) in [6, 6.07) is 0. The summed E-state index contributed by atoms with van der Waals surface area (Å²) in [6.07, 6.45) is 10.0. The number of aliphatic hydroxyl groups excluding tert-OH is 2. The summed E-state index contributed by atoms with van der Waals surface area (Å²) in [5.41, 5.74) is -1.39. The fraction of sp³-hybridized carbons (Fsp3) is 0.963. The smallest absolute Gasteiger partial charge is 0.165 e. The molecular formula is C27H46O4. The van der Waals surface area contributed by atoms with Gasteiger partial charge in [-0.3, -0.25) is 4.79 Å². The van der Waals surface area contributed by atoms with Crippen molar-refractivity contribution in [2.45, 2.75) is 110 Å². The van der Waals surface area contributed by atoms with E-state index < -0.39 is 11.7 Å². The van der Waals surface area contributed by atoms with E-state index in [1.807, 2.05) is 0 Å². The molecule has 0 heterocycles. The first kappa shape index (κ1) is 23.7. The minimum atomic E-state index is -1.33. The Morgan fingerprint density at radius 2 is 1.77 bits per heavy atom. The van der Waals surface area contributed by atoms with Crippen molar-refractivity contribution in [1.82, 2.24) is 0 Å². The van der Waals surface area contributed by atoms with Gasteiger partial charge in [0.2, 0.25) is 0 Å². The summed E-state index contributed by atoms with van der Waals surface area (Å²) < 4.78 is 0. The third-order valence-corrected chi connectivity index (χ3v) is 11.0. The van der Waals surface area contributed by atoms with Crippen LogP contribution in [0.5, 0.6) is 0 Å². The number of hydrogen-bond donors (Lipinski definition) is 3. The maximum atomic E-state index is 13.3. The van der Waals surface area contributed by atoms with E-state index in [9.17, 15) is 20.1 Å². The molecule has 0 aliphatic heterocycles. The molecule has 0 spiro atoms. The first-order valence-electron chi connectivity index (χ1n) is 13.1. The van der Waals surface area contributed by atoms with E-state index in [1.54, 1.807) is 0 Å². The lowest BCUT2D eigenvalue weighted by molar-refractivity contribution is -0.213. The quantitative estimate of drug-likeness (QED) is 0.564. The summed E-state index contributed by atoms with van der Waals surface area (Å²) in [4.78, 5) is 13.3. The number of Topliss-reactive ketones (excluding diaryl/α,β-unsaturated/α-hetero) is 1. The Morgan fingerprint density at radius 3 is 2.48 bits per heavy atom. The summed E-state index contributed by atoms with van der Waals surface area (Å²) >= 11 is 0. The fourth-order valence-electron chi connectivity index (χ4n) is 9.08. The van der Waals surface area contributed by atoms with Gasteiger partial charge in [0.1, 0.15) is 5.60 Å². The lowest BCUT2D eigenvalue weighted by atomic mass is 9.42. The van der Waals surface area contributed by atoms with E-state index in [4.69, 9.17) is 0 Å². The van der Waals surface area contributed by atoms with E-state index in [2.05, 4.69) is 27.7 Å². The standard InChI is InChI=1S/C27H46O4/c1-17(16-28)6-5-7-18(2)21-8-9-22-20-14-24(30)27(31)15-19(29)10-13-26(27,4)23(20)11-12-25(21,22)3/h17-23,28-29,31H,5-16H2,1-4H3/t17?,18-,19+,20+,21-,22+,23+,25-,26-,27+/m1/s1. The molecule has 4 heteroatoms. The van der Waals surface area contributed by atoms with Crippen LogP contribution in [0.15, 0.2) is 0 Å². The summed E-state index contributed by atoms with van der Waals surface area (Å²) in [6.45, 7) is 9.52. The molecule has 0 saturated heterocycles. The Morgan fingerprint density at radius 1 is 1.03 bits per heavy atom. The monoisotopic (exact) mass is 434 g/mol. The molecule has 4 aliphatic rings. The van der Waals surface area contributed by atoms with Gasteiger partial charge in [0.25, 0.3) is 0 Å². The zero-order chi connectivity index (χ0) is 22.6. The Kier molecular flexibility index (Phi) is 6.42. The van der Waals surface area contributed by atoms with Gasteiger partial charge in [-0.1, -0.05) is 40.5 Å². The molecule has 178 valence electrons. The minimum Gasteiger partial charge on any atom is -0.396 e. The van der Waals surface area contributed by atoms with Crippen molar-refractivity contribution in [3.63, 3.8) is 0 Å². The van der Waals surface area contributed by atoms with Crippen LogP contribution in [0, 0.1) is 46.3 Å². The molecule has 4 aliphatic carbocycles. The molecule has 0 aromatic heterocycles. The maximum Gasteiger partial charge on any atom is 0.165 e. The van der Waals surface area contributed by atoms with Crippen molar-refractivity contribution in [2.75, 3.05) is 6.61 Å².